The Bertz CT molecular complexity index is 2280. The molecule has 0 saturated heterocycles. The van der Waals surface area contributed by atoms with Crippen molar-refractivity contribution in [2.24, 2.45) is 0 Å². The van der Waals surface area contributed by atoms with Crippen LogP contribution in [0.1, 0.15) is 30.2 Å². The summed E-state index contributed by atoms with van der Waals surface area (Å²) in [7, 11) is 0. The van der Waals surface area contributed by atoms with E-state index in [9.17, 15) is 0 Å². The molecule has 0 unspecified atom stereocenters. The van der Waals surface area contributed by atoms with Gasteiger partial charge in [0.1, 0.15) is 0 Å². The Balaban J connectivity index is 1.29. The largest absolute Gasteiger partial charge is 0.229 e. The van der Waals surface area contributed by atoms with Crippen LogP contribution in [0.2, 0.25) is 0 Å². The minimum atomic E-state index is -0.577. The van der Waals surface area contributed by atoms with E-state index in [-0.39, 0.29) is 0 Å². The molecule has 0 spiro atoms. The Morgan fingerprint density at radius 2 is 1.21 bits per heavy atom. The van der Waals surface area contributed by atoms with Gasteiger partial charge in [-0.1, -0.05) is 196 Å². The van der Waals surface area contributed by atoms with Crippen LogP contribution in [0.25, 0.3) is 39.8 Å². The van der Waals surface area contributed by atoms with Gasteiger partial charge in [0.15, 0.2) is 5.82 Å². The zero-order valence-corrected chi connectivity index (χ0v) is 30.1. The predicted octanol–water partition coefficient (Wildman–Crippen LogP) is 13.1. The third-order valence-corrected chi connectivity index (χ3v) is 10.4. The van der Waals surface area contributed by atoms with Crippen LogP contribution >= 0.6 is 11.8 Å². The third kappa shape index (κ3) is 6.96. The maximum Gasteiger partial charge on any atom is 0.160 e. The Labute approximate surface area is 312 Å². The van der Waals surface area contributed by atoms with Gasteiger partial charge < -0.3 is 0 Å². The summed E-state index contributed by atoms with van der Waals surface area (Å²) < 4.78 is 0. The monoisotopic (exact) mass is 688 g/mol. The summed E-state index contributed by atoms with van der Waals surface area (Å²) in [6.07, 6.45) is 17.6. The highest BCUT2D eigenvalue weighted by atomic mass is 32.2. The molecule has 3 heteroatoms. The van der Waals surface area contributed by atoms with Gasteiger partial charge in [-0.2, -0.15) is 0 Å². The van der Waals surface area contributed by atoms with Crippen molar-refractivity contribution in [1.29, 1.82) is 0 Å². The van der Waals surface area contributed by atoms with Gasteiger partial charge in [-0.15, -0.1) is 0 Å². The molecule has 7 rings (SSSR count). The summed E-state index contributed by atoms with van der Waals surface area (Å²) in [5, 5.41) is 0. The van der Waals surface area contributed by atoms with Gasteiger partial charge >= 0.3 is 0 Å². The fraction of sp³-hybridized carbons (Fsp3) is 0.0612. The standard InChI is InChI=1S/C49H40N2S/c1-4-6-20-36(3)49(43-27-15-17-29-46(43)52-47-30-18-16-28-44(47)49)41(19-5-2)25-13-14-26-42-35-45(39-23-11-8-12-24-39)51-48(50-42)40-33-31-38(32-34-40)37-21-9-7-10-22-37/h4,6-35H,1,3,5H2,2H3/b20-6-,25-13-,26-14+,41-19-. The molecule has 52 heavy (non-hydrogen) atoms. The van der Waals surface area contributed by atoms with Gasteiger partial charge in [0.05, 0.1) is 16.8 Å². The quantitative estimate of drug-likeness (QED) is 0.127. The van der Waals surface area contributed by atoms with Crippen LogP contribution in [0.15, 0.2) is 216 Å². The summed E-state index contributed by atoms with van der Waals surface area (Å²) in [5.41, 5.74) is 10.1. The average molecular weight is 689 g/mol. The van der Waals surface area contributed by atoms with Gasteiger partial charge in [-0.25, -0.2) is 9.97 Å². The van der Waals surface area contributed by atoms with Crippen LogP contribution in [-0.2, 0) is 5.41 Å². The zero-order chi connectivity index (χ0) is 35.8. The van der Waals surface area contributed by atoms with Crippen LogP contribution in [0.5, 0.6) is 0 Å². The van der Waals surface area contributed by atoms with Crippen molar-refractivity contribution in [1.82, 2.24) is 9.97 Å². The van der Waals surface area contributed by atoms with Gasteiger partial charge in [0.2, 0.25) is 0 Å². The number of nitrogens with zero attached hydrogens (tertiary/aromatic N) is 2. The molecule has 252 valence electrons. The molecule has 0 bridgehead atoms. The van der Waals surface area contributed by atoms with E-state index in [1.54, 1.807) is 0 Å². The highest BCUT2D eigenvalue weighted by Gasteiger charge is 2.44. The number of rotatable bonds is 11. The van der Waals surface area contributed by atoms with Gasteiger partial charge in [0, 0.05) is 20.9 Å². The van der Waals surface area contributed by atoms with Gasteiger partial charge in [-0.05, 0) is 64.1 Å². The van der Waals surface area contributed by atoms with Gasteiger partial charge in [0.25, 0.3) is 0 Å². The number of hydrogen-bond acceptors (Lipinski definition) is 3. The first-order chi connectivity index (χ1) is 25.6. The Hall–Kier alpha value is -6.03. The molecule has 0 saturated carbocycles. The fourth-order valence-corrected chi connectivity index (χ4v) is 8.10. The molecule has 2 nitrogen and oxygen atoms in total. The molecule has 1 aromatic heterocycles. The number of fused-ring (bicyclic) bond motifs is 2. The number of hydrogen-bond donors (Lipinski definition) is 0. The van der Waals surface area contributed by atoms with Crippen LogP contribution in [-0.4, -0.2) is 9.97 Å². The SMILES string of the molecule is C=C/C=C\C(=C)C1(C(/C=C\C=C\c2cc(-c3ccccc3)nc(-c3ccc(-c4ccccc4)cc3)n2)=C\CC)c2ccccc2Sc2ccccc21. The Kier molecular flexibility index (Phi) is 10.5. The van der Waals surface area contributed by atoms with E-state index in [1.165, 1.54) is 32.1 Å². The van der Waals surface area contributed by atoms with Crippen molar-refractivity contribution in [3.8, 4) is 33.8 Å². The first kappa shape index (κ1) is 34.4. The average Bonchev–Trinajstić information content (AvgIpc) is 3.21. The Morgan fingerprint density at radius 3 is 1.85 bits per heavy atom. The lowest BCUT2D eigenvalue weighted by atomic mass is 9.63. The molecule has 0 amide bonds. The maximum absolute atomic E-state index is 5.03. The summed E-state index contributed by atoms with van der Waals surface area (Å²) in [4.78, 5) is 12.5. The summed E-state index contributed by atoms with van der Waals surface area (Å²) in [6.45, 7) is 10.8. The van der Waals surface area contributed by atoms with E-state index in [0.29, 0.717) is 5.82 Å². The molecule has 6 aromatic rings. The smallest absolute Gasteiger partial charge is 0.160 e. The summed E-state index contributed by atoms with van der Waals surface area (Å²) in [6, 6.07) is 48.7. The molecular formula is C49H40N2S. The molecule has 0 radical (unpaired) electrons. The van der Waals surface area contributed by atoms with Crippen molar-refractivity contribution < 1.29 is 0 Å². The van der Waals surface area contributed by atoms with Crippen molar-refractivity contribution in [2.45, 2.75) is 28.6 Å². The van der Waals surface area contributed by atoms with Crippen LogP contribution in [0.4, 0.5) is 0 Å². The maximum atomic E-state index is 5.03. The van der Waals surface area contributed by atoms with E-state index < -0.39 is 5.41 Å². The Morgan fingerprint density at radius 1 is 0.635 bits per heavy atom. The molecule has 1 aliphatic heterocycles. The van der Waals surface area contributed by atoms with Gasteiger partial charge in [-0.3, -0.25) is 0 Å². The number of aromatic nitrogens is 2. The van der Waals surface area contributed by atoms with E-state index in [0.717, 1.165) is 40.1 Å². The molecule has 5 aromatic carbocycles. The lowest BCUT2D eigenvalue weighted by Crippen LogP contribution is -2.34. The molecular weight excluding hydrogens is 649 g/mol. The number of benzene rings is 5. The minimum absolute atomic E-state index is 0.577. The first-order valence-electron chi connectivity index (χ1n) is 17.6. The van der Waals surface area contributed by atoms with Crippen molar-refractivity contribution in [2.75, 3.05) is 0 Å². The van der Waals surface area contributed by atoms with Crippen LogP contribution in [0.3, 0.4) is 0 Å². The molecule has 1 aliphatic rings. The molecule has 0 fully saturated rings. The second-order valence-corrected chi connectivity index (χ2v) is 13.6. The highest BCUT2D eigenvalue weighted by Crippen LogP contribution is 2.56. The third-order valence-electron chi connectivity index (χ3n) is 9.29. The van der Waals surface area contributed by atoms with Crippen LogP contribution < -0.4 is 0 Å². The van der Waals surface area contributed by atoms with E-state index in [4.69, 9.17) is 16.5 Å². The lowest BCUT2D eigenvalue weighted by molar-refractivity contribution is 0.698. The molecule has 2 heterocycles. The normalized spacial score (nSPS) is 13.7. The van der Waals surface area contributed by atoms with Crippen molar-refractivity contribution >= 4 is 17.8 Å². The zero-order valence-electron chi connectivity index (χ0n) is 29.3. The fourth-order valence-electron chi connectivity index (χ4n) is 6.91. The molecule has 0 N–H and O–H groups in total. The van der Waals surface area contributed by atoms with Crippen LogP contribution in [0, 0.1) is 0 Å². The highest BCUT2D eigenvalue weighted by molar-refractivity contribution is 7.99. The molecule has 0 aliphatic carbocycles. The summed E-state index contributed by atoms with van der Waals surface area (Å²) >= 11 is 1.82. The second kappa shape index (κ2) is 15.9. The van der Waals surface area contributed by atoms with E-state index >= 15 is 0 Å². The van der Waals surface area contributed by atoms with E-state index in [1.807, 2.05) is 48.2 Å². The van der Waals surface area contributed by atoms with E-state index in [2.05, 4.69) is 165 Å². The predicted molar refractivity (Wildman–Crippen MR) is 221 cm³/mol. The summed E-state index contributed by atoms with van der Waals surface area (Å²) in [5.74, 6) is 0.688. The lowest BCUT2D eigenvalue weighted by Gasteiger charge is -2.42. The second-order valence-electron chi connectivity index (χ2n) is 12.6. The van der Waals surface area contributed by atoms with Crippen molar-refractivity contribution in [3.63, 3.8) is 0 Å². The molecule has 0 atom stereocenters. The minimum Gasteiger partial charge on any atom is -0.229 e. The van der Waals surface area contributed by atoms with Crippen molar-refractivity contribution in [3.05, 3.63) is 223 Å². The number of allylic oxidation sites excluding steroid dienone is 9. The topological polar surface area (TPSA) is 25.8 Å². The first-order valence-corrected chi connectivity index (χ1v) is 18.4.